The topological polar surface area (TPSA) is 121 Å². The Labute approximate surface area is 334 Å². The van der Waals surface area contributed by atoms with Crippen molar-refractivity contribution < 1.29 is 34.1 Å². The van der Waals surface area contributed by atoms with Gasteiger partial charge in [-0.25, -0.2) is 0 Å². The van der Waals surface area contributed by atoms with E-state index in [4.69, 9.17) is 16.3 Å². The number of aliphatic hydroxyl groups excluding tert-OH is 1. The van der Waals surface area contributed by atoms with Crippen LogP contribution in [0, 0.1) is 56.2 Å². The van der Waals surface area contributed by atoms with E-state index in [2.05, 4.69) is 48.5 Å². The van der Waals surface area contributed by atoms with Crippen LogP contribution in [-0.2, 0) is 30.5 Å². The molecule has 8 nitrogen and oxygen atoms in total. The van der Waals surface area contributed by atoms with Crippen LogP contribution in [0.15, 0.2) is 35.4 Å². The van der Waals surface area contributed by atoms with Crippen LogP contribution < -0.4 is 0 Å². The number of carboxylic acids is 1. The van der Waals surface area contributed by atoms with Gasteiger partial charge in [0.2, 0.25) is 5.91 Å². The standard InChI is InChI=1S/C46H66ClNO7/c1-27(2)38-32(50)23-46(35(51)26-48(28(3)49)25-29-11-13-30(47)14-12-29)22-21-44(9)31(39(38)46)15-16-34-43(8)19-18-36(55-37(52)24-41(4,5)40(53)54)42(6,7)33(43)17-20-45(34,44)10/h11-14,27,31,33-36,51H,15-26H2,1-10H3,(H,53,54)/t31-,33+,34-,35+,36+,43+,44-,45-,46-/m1/s1. The van der Waals surface area contributed by atoms with Crippen LogP contribution in [0.2, 0.25) is 5.02 Å². The summed E-state index contributed by atoms with van der Waals surface area (Å²) in [5, 5.41) is 22.7. The van der Waals surface area contributed by atoms with Crippen molar-refractivity contribution >= 4 is 35.2 Å². The number of carboxylic acid groups (broad SMARTS) is 1. The van der Waals surface area contributed by atoms with Gasteiger partial charge < -0.3 is 19.8 Å². The molecule has 0 spiro atoms. The maximum absolute atomic E-state index is 14.2. The van der Waals surface area contributed by atoms with E-state index in [1.165, 1.54) is 5.57 Å². The van der Waals surface area contributed by atoms with Gasteiger partial charge >= 0.3 is 11.9 Å². The normalized spacial score (nSPS) is 36.0. The van der Waals surface area contributed by atoms with E-state index in [0.717, 1.165) is 56.1 Å². The van der Waals surface area contributed by atoms with Gasteiger partial charge in [0.15, 0.2) is 5.78 Å². The number of hydrogen-bond acceptors (Lipinski definition) is 6. The molecule has 5 aliphatic rings. The summed E-state index contributed by atoms with van der Waals surface area (Å²) < 4.78 is 6.16. The van der Waals surface area contributed by atoms with Crippen molar-refractivity contribution in [1.29, 1.82) is 0 Å². The Kier molecular flexibility index (Phi) is 10.9. The van der Waals surface area contributed by atoms with E-state index in [1.807, 2.05) is 24.3 Å². The van der Waals surface area contributed by atoms with Crippen LogP contribution in [-0.4, -0.2) is 57.5 Å². The molecule has 0 aromatic heterocycles. The SMILES string of the molecule is CC(=O)N(Cc1ccc(Cl)cc1)C[C@H](O)[C@]12CC[C@]3(C)[C@H](CC[C@@H]4[C@@]5(C)CC[C@H](OC(=O)CC(C)(C)C(=O)O)C(C)(C)[C@@H]5CC[C@]43C)C1=C(C(C)C)C(=O)C2. The van der Waals surface area contributed by atoms with Crippen molar-refractivity contribution in [1.82, 2.24) is 4.90 Å². The van der Waals surface area contributed by atoms with E-state index in [0.29, 0.717) is 36.2 Å². The van der Waals surface area contributed by atoms with Gasteiger partial charge in [-0.2, -0.15) is 0 Å². The molecular weight excluding hydrogens is 714 g/mol. The first kappa shape index (κ1) is 41.9. The second-order valence-electron chi connectivity index (χ2n) is 20.6. The van der Waals surface area contributed by atoms with Crippen LogP contribution in [0.1, 0.15) is 139 Å². The number of rotatable bonds is 10. The number of Topliss-reactive ketones (excluding diaryl/α,β-unsaturated/α-hetero) is 1. The molecule has 0 heterocycles. The number of carbonyl (C=O) groups excluding carboxylic acids is 3. The summed E-state index contributed by atoms with van der Waals surface area (Å²) in [5.74, 6) is -0.431. The van der Waals surface area contributed by atoms with Crippen molar-refractivity contribution in [2.24, 2.45) is 56.2 Å². The minimum Gasteiger partial charge on any atom is -0.481 e. The van der Waals surface area contributed by atoms with Crippen molar-refractivity contribution in [3.8, 4) is 0 Å². The average molecular weight is 780 g/mol. The summed E-state index contributed by atoms with van der Waals surface area (Å²) in [5.41, 5.74) is 0.809. The molecule has 0 saturated heterocycles. The summed E-state index contributed by atoms with van der Waals surface area (Å²) in [6, 6.07) is 7.45. The number of ether oxygens (including phenoxy) is 1. The first-order valence-corrected chi connectivity index (χ1v) is 21.2. The van der Waals surface area contributed by atoms with Crippen LogP contribution in [0.4, 0.5) is 0 Å². The summed E-state index contributed by atoms with van der Waals surface area (Å²) in [7, 11) is 0. The molecule has 9 heteroatoms. The molecule has 9 atom stereocenters. The minimum atomic E-state index is -1.18. The quantitative estimate of drug-likeness (QED) is 0.227. The zero-order chi connectivity index (χ0) is 40.7. The lowest BCUT2D eigenvalue weighted by Crippen LogP contribution is -2.66. The fourth-order valence-electron chi connectivity index (χ4n) is 13.4. The molecule has 2 N–H and O–H groups in total. The van der Waals surface area contributed by atoms with Crippen molar-refractivity contribution in [2.45, 2.75) is 152 Å². The van der Waals surface area contributed by atoms with Crippen molar-refractivity contribution in [2.75, 3.05) is 6.54 Å². The highest BCUT2D eigenvalue weighted by atomic mass is 35.5. The number of aliphatic carboxylic acids is 1. The van der Waals surface area contributed by atoms with E-state index in [1.54, 1.807) is 25.7 Å². The van der Waals surface area contributed by atoms with Crippen LogP contribution >= 0.6 is 11.6 Å². The monoisotopic (exact) mass is 779 g/mol. The summed E-state index contributed by atoms with van der Waals surface area (Å²) in [4.78, 5) is 53.8. The second-order valence-corrected chi connectivity index (χ2v) is 21.0. The molecule has 4 saturated carbocycles. The molecule has 304 valence electrons. The average Bonchev–Trinajstić information content (AvgIpc) is 3.40. The van der Waals surface area contributed by atoms with Gasteiger partial charge in [0, 0.05) is 42.3 Å². The molecule has 0 aliphatic heterocycles. The Morgan fingerprint density at radius 1 is 0.927 bits per heavy atom. The fraction of sp³-hybridized carbons (Fsp3) is 0.739. The van der Waals surface area contributed by atoms with Gasteiger partial charge in [-0.1, -0.05) is 77.8 Å². The lowest BCUT2D eigenvalue weighted by molar-refractivity contribution is -0.235. The number of fused-ring (bicyclic) bond motifs is 7. The molecule has 55 heavy (non-hydrogen) atoms. The molecule has 1 amide bonds. The predicted octanol–water partition coefficient (Wildman–Crippen LogP) is 9.44. The zero-order valence-corrected chi connectivity index (χ0v) is 35.8. The van der Waals surface area contributed by atoms with Crippen LogP contribution in [0.25, 0.3) is 0 Å². The first-order chi connectivity index (χ1) is 25.4. The molecule has 0 bridgehead atoms. The maximum atomic E-state index is 14.2. The molecular formula is C46H66ClNO7. The highest BCUT2D eigenvalue weighted by molar-refractivity contribution is 6.30. The third-order valence-corrected chi connectivity index (χ3v) is 16.9. The molecule has 5 aliphatic carbocycles. The Morgan fingerprint density at radius 2 is 1.58 bits per heavy atom. The molecule has 6 rings (SSSR count). The van der Waals surface area contributed by atoms with Gasteiger partial charge in [0.05, 0.1) is 17.9 Å². The molecule has 1 aromatic rings. The number of halogens is 1. The summed E-state index contributed by atoms with van der Waals surface area (Å²) in [6.07, 6.45) is 6.35. The third kappa shape index (κ3) is 6.71. The smallest absolute Gasteiger partial charge is 0.309 e. The lowest BCUT2D eigenvalue weighted by Gasteiger charge is -2.72. The maximum Gasteiger partial charge on any atom is 0.309 e. The Balaban J connectivity index is 1.29. The van der Waals surface area contributed by atoms with E-state index in [9.17, 15) is 29.4 Å². The lowest BCUT2D eigenvalue weighted by atomic mass is 9.33. The fourth-order valence-corrected chi connectivity index (χ4v) is 13.5. The van der Waals surface area contributed by atoms with E-state index in [-0.39, 0.29) is 64.3 Å². The van der Waals surface area contributed by atoms with Gasteiger partial charge in [-0.05, 0) is 128 Å². The molecule has 0 radical (unpaired) electrons. The van der Waals surface area contributed by atoms with Gasteiger partial charge in [-0.15, -0.1) is 0 Å². The van der Waals surface area contributed by atoms with Gasteiger partial charge in [0.25, 0.3) is 0 Å². The predicted molar refractivity (Wildman–Crippen MR) is 214 cm³/mol. The number of carbonyl (C=O) groups is 4. The first-order valence-electron chi connectivity index (χ1n) is 20.8. The van der Waals surface area contributed by atoms with Crippen molar-refractivity contribution in [3.63, 3.8) is 0 Å². The Morgan fingerprint density at radius 3 is 2.18 bits per heavy atom. The minimum absolute atomic E-state index is 0.00981. The van der Waals surface area contributed by atoms with Crippen LogP contribution in [0.5, 0.6) is 0 Å². The number of esters is 1. The highest BCUT2D eigenvalue weighted by Gasteiger charge is 2.71. The summed E-state index contributed by atoms with van der Waals surface area (Å²) in [6.45, 7) is 21.5. The second kappa shape index (κ2) is 14.3. The number of amides is 1. The number of aliphatic hydroxyl groups is 1. The van der Waals surface area contributed by atoms with E-state index >= 15 is 0 Å². The van der Waals surface area contributed by atoms with Crippen LogP contribution in [0.3, 0.4) is 0 Å². The summed E-state index contributed by atoms with van der Waals surface area (Å²) >= 11 is 6.14. The molecule has 0 unspecified atom stereocenters. The van der Waals surface area contributed by atoms with Gasteiger partial charge in [-0.3, -0.25) is 19.2 Å². The highest BCUT2D eigenvalue weighted by Crippen LogP contribution is 2.77. The van der Waals surface area contributed by atoms with E-state index < -0.39 is 28.9 Å². The largest absolute Gasteiger partial charge is 0.481 e. The molecule has 1 aromatic carbocycles. The number of benzene rings is 1. The third-order valence-electron chi connectivity index (χ3n) is 16.6. The Bertz CT molecular complexity index is 1750. The number of allylic oxidation sites excluding steroid dienone is 1. The number of hydrogen-bond donors (Lipinski definition) is 2. The van der Waals surface area contributed by atoms with Gasteiger partial charge in [0.1, 0.15) is 6.10 Å². The number of ketones is 1. The zero-order valence-electron chi connectivity index (χ0n) is 35.0. The Hall–Kier alpha value is -2.71. The van der Waals surface area contributed by atoms with Crippen molar-refractivity contribution in [3.05, 3.63) is 46.0 Å². The molecule has 4 fully saturated rings. The number of nitrogens with zero attached hydrogens (tertiary/aromatic N) is 1.